The van der Waals surface area contributed by atoms with Crippen LogP contribution in [0.15, 0.2) is 40.9 Å². The van der Waals surface area contributed by atoms with Crippen molar-refractivity contribution < 1.29 is 13.5 Å². The van der Waals surface area contributed by atoms with Crippen molar-refractivity contribution in [3.8, 4) is 5.75 Å². The second kappa shape index (κ2) is 6.68. The number of para-hydroxylation sites is 1. The van der Waals surface area contributed by atoms with Crippen LogP contribution in [0, 0.1) is 11.6 Å². The minimum absolute atomic E-state index is 0.121. The van der Waals surface area contributed by atoms with Gasteiger partial charge in [-0.05, 0) is 46.1 Å². The molecule has 0 amide bonds. The first kappa shape index (κ1) is 15.4. The fourth-order valence-corrected chi connectivity index (χ4v) is 2.97. The van der Waals surface area contributed by atoms with Crippen LogP contribution >= 0.6 is 31.9 Å². The zero-order chi connectivity index (χ0) is 14.7. The molecular weight excluding hydrogens is 394 g/mol. The maximum Gasteiger partial charge on any atom is 0.137 e. The number of hydrogen-bond acceptors (Lipinski definition) is 1. The van der Waals surface area contributed by atoms with Gasteiger partial charge < -0.3 is 4.74 Å². The van der Waals surface area contributed by atoms with Crippen LogP contribution in [0.2, 0.25) is 0 Å². The lowest BCUT2D eigenvalue weighted by Crippen LogP contribution is -2.01. The van der Waals surface area contributed by atoms with Crippen molar-refractivity contribution >= 4 is 31.9 Å². The highest BCUT2D eigenvalue weighted by Gasteiger charge is 2.17. The monoisotopic (exact) mass is 404 g/mol. The predicted molar refractivity (Wildman–Crippen MR) is 82.4 cm³/mol. The van der Waals surface area contributed by atoms with Gasteiger partial charge in [-0.25, -0.2) is 8.78 Å². The van der Waals surface area contributed by atoms with Gasteiger partial charge in [-0.15, -0.1) is 0 Å². The summed E-state index contributed by atoms with van der Waals surface area (Å²) in [5.74, 6) is -0.198. The molecule has 0 bridgehead atoms. The largest absolute Gasteiger partial charge is 0.496 e. The summed E-state index contributed by atoms with van der Waals surface area (Å²) in [7, 11) is 1.59. The number of hydrogen-bond donors (Lipinski definition) is 0. The van der Waals surface area contributed by atoms with Crippen LogP contribution in [-0.4, -0.2) is 7.11 Å². The third-order valence-electron chi connectivity index (χ3n) is 2.97. The molecule has 0 spiro atoms. The molecule has 1 nitrogen and oxygen atoms in total. The molecule has 0 heterocycles. The summed E-state index contributed by atoms with van der Waals surface area (Å²) in [5, 5.41) is 0. The Labute approximate surface area is 133 Å². The Balaban J connectivity index is 2.28. The molecule has 2 aromatic carbocycles. The summed E-state index contributed by atoms with van der Waals surface area (Å²) >= 11 is 6.39. The molecule has 0 saturated carbocycles. The average Bonchev–Trinajstić information content (AvgIpc) is 2.43. The van der Waals surface area contributed by atoms with Crippen LogP contribution in [0.1, 0.15) is 16.0 Å². The molecule has 1 atom stereocenters. The number of ether oxygens (including phenoxy) is 1. The summed E-state index contributed by atoms with van der Waals surface area (Å²) in [6.07, 6.45) is 0.502. The average molecular weight is 406 g/mol. The van der Waals surface area contributed by atoms with Gasteiger partial charge in [-0.2, -0.15) is 0 Å². The first-order chi connectivity index (χ1) is 9.52. The Morgan fingerprint density at radius 2 is 1.85 bits per heavy atom. The summed E-state index contributed by atoms with van der Waals surface area (Å²) < 4.78 is 32.8. The van der Waals surface area contributed by atoms with Crippen LogP contribution in [0.5, 0.6) is 5.75 Å². The van der Waals surface area contributed by atoms with E-state index in [-0.39, 0.29) is 14.9 Å². The molecule has 20 heavy (non-hydrogen) atoms. The van der Waals surface area contributed by atoms with Crippen molar-refractivity contribution in [3.63, 3.8) is 0 Å². The van der Waals surface area contributed by atoms with E-state index in [2.05, 4.69) is 31.9 Å². The van der Waals surface area contributed by atoms with E-state index in [4.69, 9.17) is 4.74 Å². The number of rotatable bonds is 4. The minimum Gasteiger partial charge on any atom is -0.496 e. The van der Waals surface area contributed by atoms with E-state index in [1.165, 1.54) is 6.07 Å². The fraction of sp³-hybridized carbons (Fsp3) is 0.200. The Bertz CT molecular complexity index is 617. The topological polar surface area (TPSA) is 9.23 Å². The number of methoxy groups -OCH3 is 1. The van der Waals surface area contributed by atoms with Crippen LogP contribution in [0.3, 0.4) is 0 Å². The Hall–Kier alpha value is -0.940. The molecule has 0 radical (unpaired) electrons. The lowest BCUT2D eigenvalue weighted by atomic mass is 10.0. The Morgan fingerprint density at radius 3 is 2.55 bits per heavy atom. The Morgan fingerprint density at radius 1 is 1.15 bits per heavy atom. The number of benzene rings is 2. The normalized spacial score (nSPS) is 12.2. The van der Waals surface area contributed by atoms with Crippen LogP contribution < -0.4 is 4.74 Å². The third-order valence-corrected chi connectivity index (χ3v) is 4.39. The molecule has 0 fully saturated rings. The maximum atomic E-state index is 13.9. The van der Waals surface area contributed by atoms with Crippen molar-refractivity contribution in [2.75, 3.05) is 7.11 Å². The molecule has 0 saturated heterocycles. The highest BCUT2D eigenvalue weighted by Crippen LogP contribution is 2.34. The zero-order valence-electron chi connectivity index (χ0n) is 10.7. The standard InChI is InChI=1S/C15H12Br2F2O/c1-20-15-5-3-2-4-9(15)6-11(16)10-7-14(19)12(17)8-13(10)18/h2-5,7-8,11H,6H2,1H3. The highest BCUT2D eigenvalue weighted by atomic mass is 79.9. The summed E-state index contributed by atoms with van der Waals surface area (Å²) in [4.78, 5) is -0.332. The molecule has 0 aliphatic carbocycles. The molecule has 0 aromatic heterocycles. The number of alkyl halides is 1. The van der Waals surface area contributed by atoms with E-state index in [9.17, 15) is 8.78 Å². The smallest absolute Gasteiger partial charge is 0.137 e. The van der Waals surface area contributed by atoms with Gasteiger partial charge in [-0.3, -0.25) is 0 Å². The molecule has 5 heteroatoms. The SMILES string of the molecule is COc1ccccc1CC(Br)c1cc(F)c(Br)cc1F. The number of halogens is 4. The summed E-state index contributed by atoms with van der Waals surface area (Å²) in [6.45, 7) is 0. The quantitative estimate of drug-likeness (QED) is 0.487. The first-order valence-corrected chi connectivity index (χ1v) is 7.64. The van der Waals surface area contributed by atoms with Crippen molar-refractivity contribution in [1.82, 2.24) is 0 Å². The van der Waals surface area contributed by atoms with Gasteiger partial charge >= 0.3 is 0 Å². The van der Waals surface area contributed by atoms with Gasteiger partial charge in [0.1, 0.15) is 17.4 Å². The summed E-state index contributed by atoms with van der Waals surface area (Å²) in [6, 6.07) is 9.84. The molecule has 2 aromatic rings. The van der Waals surface area contributed by atoms with Crippen molar-refractivity contribution in [2.24, 2.45) is 0 Å². The van der Waals surface area contributed by atoms with E-state index in [0.29, 0.717) is 6.42 Å². The van der Waals surface area contributed by atoms with E-state index < -0.39 is 11.6 Å². The van der Waals surface area contributed by atoms with Gasteiger partial charge in [0.25, 0.3) is 0 Å². The molecule has 0 N–H and O–H groups in total. The zero-order valence-corrected chi connectivity index (χ0v) is 13.8. The molecule has 0 aliphatic heterocycles. The van der Waals surface area contributed by atoms with Gasteiger partial charge in [-0.1, -0.05) is 34.1 Å². The van der Waals surface area contributed by atoms with Crippen molar-refractivity contribution in [2.45, 2.75) is 11.2 Å². The van der Waals surface area contributed by atoms with E-state index in [0.717, 1.165) is 17.4 Å². The van der Waals surface area contributed by atoms with Gasteiger partial charge in [0.2, 0.25) is 0 Å². The molecular formula is C15H12Br2F2O. The fourth-order valence-electron chi connectivity index (χ4n) is 1.95. The first-order valence-electron chi connectivity index (χ1n) is 5.93. The van der Waals surface area contributed by atoms with E-state index in [1.807, 2.05) is 24.3 Å². The Kier molecular flexibility index (Phi) is 5.16. The molecule has 106 valence electrons. The lowest BCUT2D eigenvalue weighted by molar-refractivity contribution is 0.409. The third kappa shape index (κ3) is 3.38. The highest BCUT2D eigenvalue weighted by molar-refractivity contribution is 9.10. The van der Waals surface area contributed by atoms with Crippen LogP contribution in [0.25, 0.3) is 0 Å². The second-order valence-electron chi connectivity index (χ2n) is 4.27. The predicted octanol–water partition coefficient (Wildman–Crippen LogP) is 5.41. The van der Waals surface area contributed by atoms with Crippen LogP contribution in [0.4, 0.5) is 8.78 Å². The molecule has 2 rings (SSSR count). The van der Waals surface area contributed by atoms with E-state index in [1.54, 1.807) is 7.11 Å². The lowest BCUT2D eigenvalue weighted by Gasteiger charge is -2.14. The van der Waals surface area contributed by atoms with Gasteiger partial charge in [0, 0.05) is 10.4 Å². The van der Waals surface area contributed by atoms with Crippen molar-refractivity contribution in [3.05, 3.63) is 63.6 Å². The van der Waals surface area contributed by atoms with E-state index >= 15 is 0 Å². The molecule has 0 aliphatic rings. The van der Waals surface area contributed by atoms with Crippen molar-refractivity contribution in [1.29, 1.82) is 0 Å². The minimum atomic E-state index is -0.481. The van der Waals surface area contributed by atoms with Gasteiger partial charge in [0.15, 0.2) is 0 Å². The summed E-state index contributed by atoms with van der Waals surface area (Å²) in [5.41, 5.74) is 1.22. The maximum absolute atomic E-state index is 13.9. The van der Waals surface area contributed by atoms with Crippen LogP contribution in [-0.2, 0) is 6.42 Å². The second-order valence-corrected chi connectivity index (χ2v) is 6.23. The van der Waals surface area contributed by atoms with Gasteiger partial charge in [0.05, 0.1) is 11.6 Å². The molecule has 1 unspecified atom stereocenters.